The second kappa shape index (κ2) is 5.27. The number of halogens is 1. The number of hydrogen-bond acceptors (Lipinski definition) is 2. The third-order valence-corrected chi connectivity index (χ3v) is 3.03. The lowest BCUT2D eigenvalue weighted by Gasteiger charge is -2.29. The Morgan fingerprint density at radius 1 is 1.29 bits per heavy atom. The Labute approximate surface area is 100 Å². The van der Waals surface area contributed by atoms with Gasteiger partial charge in [-0.05, 0) is 38.1 Å². The Bertz CT molecular complexity index is 374. The van der Waals surface area contributed by atoms with E-state index in [9.17, 15) is 9.18 Å². The Morgan fingerprint density at radius 2 is 1.94 bits per heavy atom. The molecular formula is C13H17FN2O. The molecule has 92 valence electrons. The van der Waals surface area contributed by atoms with Gasteiger partial charge in [0.25, 0.3) is 0 Å². The van der Waals surface area contributed by atoms with Gasteiger partial charge in [0.15, 0.2) is 0 Å². The summed E-state index contributed by atoms with van der Waals surface area (Å²) in [6.45, 7) is 1.30. The van der Waals surface area contributed by atoms with Crippen LogP contribution in [0.15, 0.2) is 30.3 Å². The van der Waals surface area contributed by atoms with E-state index in [1.807, 2.05) is 18.2 Å². The quantitative estimate of drug-likeness (QED) is 0.844. The van der Waals surface area contributed by atoms with Gasteiger partial charge < -0.3 is 10.6 Å². The topological polar surface area (TPSA) is 41.1 Å². The van der Waals surface area contributed by atoms with E-state index in [4.69, 9.17) is 0 Å². The van der Waals surface area contributed by atoms with Crippen LogP contribution in [0.1, 0.15) is 19.3 Å². The maximum absolute atomic E-state index is 14.2. The molecule has 17 heavy (non-hydrogen) atoms. The van der Waals surface area contributed by atoms with Crippen molar-refractivity contribution in [2.24, 2.45) is 0 Å². The second-order valence-electron chi connectivity index (χ2n) is 4.49. The van der Waals surface area contributed by atoms with Crippen molar-refractivity contribution in [3.63, 3.8) is 0 Å². The van der Waals surface area contributed by atoms with Crippen LogP contribution in [0.4, 0.5) is 10.1 Å². The number of para-hydroxylation sites is 1. The van der Waals surface area contributed by atoms with Gasteiger partial charge in [-0.3, -0.25) is 4.79 Å². The fourth-order valence-corrected chi connectivity index (χ4v) is 2.07. The minimum absolute atomic E-state index is 0.0520. The molecule has 0 unspecified atom stereocenters. The highest BCUT2D eigenvalue weighted by atomic mass is 19.1. The number of carbonyl (C=O) groups excluding carboxylic acids is 1. The van der Waals surface area contributed by atoms with Gasteiger partial charge in [0.1, 0.15) is 5.67 Å². The number of rotatable bonds is 3. The zero-order valence-corrected chi connectivity index (χ0v) is 9.71. The molecule has 4 heteroatoms. The summed E-state index contributed by atoms with van der Waals surface area (Å²) in [6, 6.07) is 9.15. The van der Waals surface area contributed by atoms with Crippen molar-refractivity contribution >= 4 is 11.6 Å². The van der Waals surface area contributed by atoms with Crippen molar-refractivity contribution in [3.8, 4) is 0 Å². The Hall–Kier alpha value is -1.42. The minimum atomic E-state index is -1.34. The summed E-state index contributed by atoms with van der Waals surface area (Å²) >= 11 is 0. The van der Waals surface area contributed by atoms with Crippen LogP contribution < -0.4 is 10.6 Å². The standard InChI is InChI=1S/C13H17FN2O/c14-13(6-8-15-9-7-13)10-12(17)16-11-4-2-1-3-5-11/h1-5,15H,6-10H2,(H,16,17). The lowest BCUT2D eigenvalue weighted by Crippen LogP contribution is -2.41. The smallest absolute Gasteiger partial charge is 0.227 e. The summed E-state index contributed by atoms with van der Waals surface area (Å²) in [7, 11) is 0. The molecule has 1 aromatic carbocycles. The van der Waals surface area contributed by atoms with Crippen LogP contribution in [-0.2, 0) is 4.79 Å². The van der Waals surface area contributed by atoms with Crippen molar-refractivity contribution < 1.29 is 9.18 Å². The lowest BCUT2D eigenvalue weighted by atomic mass is 9.91. The van der Waals surface area contributed by atoms with Gasteiger partial charge in [0.2, 0.25) is 5.91 Å². The van der Waals surface area contributed by atoms with Gasteiger partial charge in [-0.25, -0.2) is 4.39 Å². The van der Waals surface area contributed by atoms with Crippen LogP contribution in [0, 0.1) is 0 Å². The van der Waals surface area contributed by atoms with Crippen LogP contribution in [0.5, 0.6) is 0 Å². The monoisotopic (exact) mass is 236 g/mol. The number of benzene rings is 1. The molecule has 1 aliphatic heterocycles. The molecule has 0 aliphatic carbocycles. The molecule has 1 heterocycles. The third-order valence-electron chi connectivity index (χ3n) is 3.03. The highest BCUT2D eigenvalue weighted by Crippen LogP contribution is 2.27. The minimum Gasteiger partial charge on any atom is -0.326 e. The average molecular weight is 236 g/mol. The zero-order chi connectivity index (χ0) is 12.1. The fraction of sp³-hybridized carbons (Fsp3) is 0.462. The molecule has 2 rings (SSSR count). The number of alkyl halides is 1. The van der Waals surface area contributed by atoms with E-state index in [0.29, 0.717) is 25.9 Å². The van der Waals surface area contributed by atoms with Crippen molar-refractivity contribution in [1.29, 1.82) is 0 Å². The first-order chi connectivity index (χ1) is 8.18. The summed E-state index contributed by atoms with van der Waals surface area (Å²) in [5, 5.41) is 5.81. The van der Waals surface area contributed by atoms with Crippen LogP contribution in [0.2, 0.25) is 0 Å². The summed E-state index contributed by atoms with van der Waals surface area (Å²) in [5.41, 5.74) is -0.626. The molecule has 1 amide bonds. The second-order valence-corrected chi connectivity index (χ2v) is 4.49. The largest absolute Gasteiger partial charge is 0.326 e. The molecular weight excluding hydrogens is 219 g/mol. The molecule has 1 fully saturated rings. The normalized spacial score (nSPS) is 18.6. The lowest BCUT2D eigenvalue weighted by molar-refractivity contribution is -0.119. The summed E-state index contributed by atoms with van der Waals surface area (Å²) in [4.78, 5) is 11.7. The summed E-state index contributed by atoms with van der Waals surface area (Å²) in [6.07, 6.45) is 0.772. The molecule has 1 aromatic rings. The number of hydrogen-bond donors (Lipinski definition) is 2. The van der Waals surface area contributed by atoms with Crippen molar-refractivity contribution in [2.75, 3.05) is 18.4 Å². The van der Waals surface area contributed by atoms with E-state index < -0.39 is 5.67 Å². The molecule has 0 radical (unpaired) electrons. The van der Waals surface area contributed by atoms with Gasteiger partial charge >= 0.3 is 0 Å². The SMILES string of the molecule is O=C(CC1(F)CCNCC1)Nc1ccccc1. The Balaban J connectivity index is 1.88. The Kier molecular flexibility index (Phi) is 3.74. The first-order valence-electron chi connectivity index (χ1n) is 5.93. The van der Waals surface area contributed by atoms with Crippen molar-refractivity contribution in [2.45, 2.75) is 24.9 Å². The van der Waals surface area contributed by atoms with E-state index in [1.54, 1.807) is 12.1 Å². The van der Waals surface area contributed by atoms with Crippen molar-refractivity contribution in [1.82, 2.24) is 5.32 Å². The molecule has 0 saturated carbocycles. The molecule has 0 atom stereocenters. The van der Waals surface area contributed by atoms with Crippen molar-refractivity contribution in [3.05, 3.63) is 30.3 Å². The van der Waals surface area contributed by atoms with Crippen LogP contribution in [0.25, 0.3) is 0 Å². The third kappa shape index (κ3) is 3.53. The van der Waals surface area contributed by atoms with Crippen LogP contribution in [-0.4, -0.2) is 24.7 Å². The van der Waals surface area contributed by atoms with E-state index in [1.165, 1.54) is 0 Å². The van der Waals surface area contributed by atoms with Gasteiger partial charge in [0, 0.05) is 5.69 Å². The van der Waals surface area contributed by atoms with Gasteiger partial charge in [-0.15, -0.1) is 0 Å². The number of anilines is 1. The van der Waals surface area contributed by atoms with E-state index in [-0.39, 0.29) is 12.3 Å². The molecule has 2 N–H and O–H groups in total. The molecule has 0 aromatic heterocycles. The summed E-state index contributed by atoms with van der Waals surface area (Å²) < 4.78 is 14.2. The number of carbonyl (C=O) groups is 1. The van der Waals surface area contributed by atoms with E-state index >= 15 is 0 Å². The predicted molar refractivity (Wildman–Crippen MR) is 65.6 cm³/mol. The number of piperidine rings is 1. The van der Waals surface area contributed by atoms with Crippen LogP contribution in [0.3, 0.4) is 0 Å². The Morgan fingerprint density at radius 3 is 2.59 bits per heavy atom. The average Bonchev–Trinajstić information content (AvgIpc) is 2.30. The van der Waals surface area contributed by atoms with Crippen LogP contribution >= 0.6 is 0 Å². The zero-order valence-electron chi connectivity index (χ0n) is 9.71. The summed E-state index contributed by atoms with van der Waals surface area (Å²) in [5.74, 6) is -0.249. The predicted octanol–water partition coefficient (Wildman–Crippen LogP) is 2.11. The number of nitrogens with one attached hydrogen (secondary N) is 2. The van der Waals surface area contributed by atoms with E-state index in [0.717, 1.165) is 5.69 Å². The first kappa shape index (κ1) is 12.0. The molecule has 1 aliphatic rings. The maximum atomic E-state index is 14.2. The van der Waals surface area contributed by atoms with E-state index in [2.05, 4.69) is 10.6 Å². The number of amides is 1. The first-order valence-corrected chi connectivity index (χ1v) is 5.93. The highest BCUT2D eigenvalue weighted by molar-refractivity contribution is 5.91. The molecule has 0 spiro atoms. The van der Waals surface area contributed by atoms with Gasteiger partial charge in [-0.1, -0.05) is 18.2 Å². The molecule has 3 nitrogen and oxygen atoms in total. The highest BCUT2D eigenvalue weighted by Gasteiger charge is 2.33. The van der Waals surface area contributed by atoms with Gasteiger partial charge in [0.05, 0.1) is 6.42 Å². The maximum Gasteiger partial charge on any atom is 0.227 e. The fourth-order valence-electron chi connectivity index (χ4n) is 2.07. The molecule has 1 saturated heterocycles. The molecule has 0 bridgehead atoms. The van der Waals surface area contributed by atoms with Gasteiger partial charge in [-0.2, -0.15) is 0 Å².